The number of carbonyl (C=O) groups excluding carboxylic acids is 1. The lowest BCUT2D eigenvalue weighted by Gasteiger charge is -2.14. The lowest BCUT2D eigenvalue weighted by atomic mass is 10.1. The van der Waals surface area contributed by atoms with Gasteiger partial charge in [0.25, 0.3) is 0 Å². The Morgan fingerprint density at radius 2 is 1.92 bits per heavy atom. The molecule has 0 aliphatic rings. The minimum absolute atomic E-state index is 0.0437. The van der Waals surface area contributed by atoms with Crippen molar-refractivity contribution >= 4 is 5.97 Å². The van der Waals surface area contributed by atoms with Gasteiger partial charge in [-0.05, 0) is 19.3 Å². The third-order valence-corrected chi connectivity index (χ3v) is 1.82. The predicted molar refractivity (Wildman–Crippen MR) is 50.0 cm³/mol. The second-order valence-corrected chi connectivity index (χ2v) is 3.06. The van der Waals surface area contributed by atoms with Gasteiger partial charge in [-0.25, -0.2) is 0 Å². The molecule has 72 valence electrons. The van der Waals surface area contributed by atoms with Crippen molar-refractivity contribution in [1.82, 2.24) is 0 Å². The quantitative estimate of drug-likeness (QED) is 0.576. The van der Waals surface area contributed by atoms with Crippen molar-refractivity contribution in [3.63, 3.8) is 0 Å². The summed E-state index contributed by atoms with van der Waals surface area (Å²) in [6.07, 6.45) is 4.59. The zero-order valence-corrected chi connectivity index (χ0v) is 8.43. The summed E-state index contributed by atoms with van der Waals surface area (Å²) in [5.74, 6) is -0.0437. The Labute approximate surface area is 75.3 Å². The van der Waals surface area contributed by atoms with Crippen molar-refractivity contribution in [2.24, 2.45) is 0 Å². The molecule has 0 aromatic heterocycles. The highest BCUT2D eigenvalue weighted by molar-refractivity contribution is 5.69. The first-order chi connectivity index (χ1) is 5.74. The fourth-order valence-corrected chi connectivity index (χ4v) is 1.12. The van der Waals surface area contributed by atoms with Crippen molar-refractivity contribution in [3.8, 4) is 0 Å². The van der Waals surface area contributed by atoms with Gasteiger partial charge in [0.1, 0.15) is 6.10 Å². The first-order valence-electron chi connectivity index (χ1n) is 4.94. The zero-order valence-electron chi connectivity index (χ0n) is 8.43. The molecule has 0 N–H and O–H groups in total. The van der Waals surface area contributed by atoms with Crippen molar-refractivity contribution < 1.29 is 9.53 Å². The molecule has 0 aromatic carbocycles. The highest BCUT2D eigenvalue weighted by Crippen LogP contribution is 2.07. The van der Waals surface area contributed by atoms with Gasteiger partial charge in [-0.15, -0.1) is 0 Å². The molecule has 0 saturated carbocycles. The predicted octanol–water partition coefficient (Wildman–Crippen LogP) is 2.91. The van der Waals surface area contributed by atoms with E-state index in [-0.39, 0.29) is 12.1 Å². The summed E-state index contributed by atoms with van der Waals surface area (Å²) in [4.78, 5) is 11.1. The highest BCUT2D eigenvalue weighted by atomic mass is 16.5. The third-order valence-electron chi connectivity index (χ3n) is 1.82. The van der Waals surface area contributed by atoms with E-state index in [0.717, 1.165) is 25.7 Å². The van der Waals surface area contributed by atoms with Gasteiger partial charge in [0.15, 0.2) is 0 Å². The summed E-state index contributed by atoms with van der Waals surface area (Å²) < 4.78 is 5.24. The molecule has 0 bridgehead atoms. The molecule has 2 heteroatoms. The van der Waals surface area contributed by atoms with Crippen LogP contribution in [0.5, 0.6) is 0 Å². The summed E-state index contributed by atoms with van der Waals surface area (Å²) in [5, 5.41) is 0. The van der Waals surface area contributed by atoms with E-state index in [9.17, 15) is 4.79 Å². The lowest BCUT2D eigenvalue weighted by molar-refractivity contribution is -0.149. The molecule has 0 fully saturated rings. The smallest absolute Gasteiger partial charge is 0.306 e. The van der Waals surface area contributed by atoms with Crippen LogP contribution in [0.2, 0.25) is 0 Å². The summed E-state index contributed by atoms with van der Waals surface area (Å²) in [6, 6.07) is 0. The van der Waals surface area contributed by atoms with Crippen LogP contribution < -0.4 is 0 Å². The van der Waals surface area contributed by atoms with Crippen molar-refractivity contribution in [1.29, 1.82) is 0 Å². The van der Waals surface area contributed by atoms with Crippen LogP contribution >= 0.6 is 0 Å². The Morgan fingerprint density at radius 1 is 1.25 bits per heavy atom. The maximum absolute atomic E-state index is 11.1. The number of esters is 1. The molecule has 0 radical (unpaired) electrons. The molecule has 0 saturated heterocycles. The van der Waals surface area contributed by atoms with Crippen LogP contribution in [0.25, 0.3) is 0 Å². The molecule has 12 heavy (non-hydrogen) atoms. The normalized spacial score (nSPS) is 12.6. The zero-order chi connectivity index (χ0) is 9.40. The van der Waals surface area contributed by atoms with Crippen LogP contribution in [0.3, 0.4) is 0 Å². The minimum atomic E-state index is -0.0437. The molecule has 2 nitrogen and oxygen atoms in total. The molecule has 0 unspecified atom stereocenters. The summed E-state index contributed by atoms with van der Waals surface area (Å²) in [6.45, 7) is 6.15. The number of carbonyl (C=O) groups is 1. The topological polar surface area (TPSA) is 26.3 Å². The molecule has 0 spiro atoms. The Balaban J connectivity index is 3.61. The average molecular weight is 172 g/mol. The number of hydrogen-bond donors (Lipinski definition) is 0. The Kier molecular flexibility index (Phi) is 6.82. The van der Waals surface area contributed by atoms with Crippen molar-refractivity contribution in [2.75, 3.05) is 0 Å². The monoisotopic (exact) mass is 172 g/mol. The maximum atomic E-state index is 11.1. The van der Waals surface area contributed by atoms with Gasteiger partial charge in [0.05, 0.1) is 0 Å². The summed E-state index contributed by atoms with van der Waals surface area (Å²) in [5.41, 5.74) is 0. The first kappa shape index (κ1) is 11.5. The van der Waals surface area contributed by atoms with Crippen molar-refractivity contribution in [2.45, 2.75) is 59.0 Å². The third kappa shape index (κ3) is 5.16. The highest BCUT2D eigenvalue weighted by Gasteiger charge is 2.09. The number of ether oxygens (including phenoxy) is 1. The lowest BCUT2D eigenvalue weighted by Crippen LogP contribution is -2.16. The van der Waals surface area contributed by atoms with Crippen LogP contribution in [-0.4, -0.2) is 12.1 Å². The minimum Gasteiger partial charge on any atom is -0.462 e. The molecule has 0 amide bonds. The summed E-state index contributed by atoms with van der Waals surface area (Å²) >= 11 is 0. The van der Waals surface area contributed by atoms with Crippen LogP contribution in [0.15, 0.2) is 0 Å². The van der Waals surface area contributed by atoms with E-state index >= 15 is 0 Å². The van der Waals surface area contributed by atoms with Gasteiger partial charge in [0, 0.05) is 6.42 Å². The molecule has 0 aliphatic carbocycles. The van der Waals surface area contributed by atoms with Crippen LogP contribution in [0.1, 0.15) is 52.9 Å². The van der Waals surface area contributed by atoms with Gasteiger partial charge in [-0.3, -0.25) is 4.79 Å². The van der Waals surface area contributed by atoms with E-state index in [1.807, 2.05) is 6.92 Å². The van der Waals surface area contributed by atoms with E-state index in [0.29, 0.717) is 6.42 Å². The molecule has 0 rings (SSSR count). The van der Waals surface area contributed by atoms with Gasteiger partial charge in [0.2, 0.25) is 0 Å². The fourth-order valence-electron chi connectivity index (χ4n) is 1.12. The molecule has 1 atom stereocenters. The standard InChI is InChI=1S/C10H20O2/c1-4-7-9(6-3)12-10(11)8-5-2/h9H,4-8H2,1-3H3/t9-/m0/s1. The van der Waals surface area contributed by atoms with Crippen LogP contribution in [0, 0.1) is 0 Å². The van der Waals surface area contributed by atoms with E-state index in [1.54, 1.807) is 0 Å². The molecule has 0 aromatic rings. The second-order valence-electron chi connectivity index (χ2n) is 3.06. The first-order valence-corrected chi connectivity index (χ1v) is 4.94. The van der Waals surface area contributed by atoms with Gasteiger partial charge >= 0.3 is 5.97 Å². The Hall–Kier alpha value is -0.530. The van der Waals surface area contributed by atoms with E-state index < -0.39 is 0 Å². The molecule has 0 heterocycles. The van der Waals surface area contributed by atoms with Crippen LogP contribution in [-0.2, 0) is 9.53 Å². The van der Waals surface area contributed by atoms with Gasteiger partial charge < -0.3 is 4.74 Å². The molecular formula is C10H20O2. The van der Waals surface area contributed by atoms with E-state index in [4.69, 9.17) is 4.74 Å². The number of rotatable bonds is 6. The van der Waals surface area contributed by atoms with Crippen molar-refractivity contribution in [3.05, 3.63) is 0 Å². The maximum Gasteiger partial charge on any atom is 0.306 e. The number of hydrogen-bond acceptors (Lipinski definition) is 2. The SMILES string of the molecule is CCCC(=O)O[C@@H](CC)CCC. The molecule has 0 aliphatic heterocycles. The second kappa shape index (κ2) is 7.14. The molecular weight excluding hydrogens is 152 g/mol. The largest absolute Gasteiger partial charge is 0.462 e. The van der Waals surface area contributed by atoms with E-state index in [1.165, 1.54) is 0 Å². The average Bonchev–Trinajstić information content (AvgIpc) is 2.04. The Bertz CT molecular complexity index is 121. The fraction of sp³-hybridized carbons (Fsp3) is 0.900. The van der Waals surface area contributed by atoms with E-state index in [2.05, 4.69) is 13.8 Å². The van der Waals surface area contributed by atoms with Gasteiger partial charge in [-0.1, -0.05) is 27.2 Å². The Morgan fingerprint density at radius 3 is 2.33 bits per heavy atom. The summed E-state index contributed by atoms with van der Waals surface area (Å²) in [7, 11) is 0. The van der Waals surface area contributed by atoms with Gasteiger partial charge in [-0.2, -0.15) is 0 Å². The van der Waals surface area contributed by atoms with Crippen LogP contribution in [0.4, 0.5) is 0 Å².